The van der Waals surface area contributed by atoms with Crippen molar-refractivity contribution in [2.45, 2.75) is 0 Å². The van der Waals surface area contributed by atoms with Crippen LogP contribution in [-0.2, 0) is 0 Å². The monoisotopic (exact) mass is 223 g/mol. The smallest absolute Gasteiger partial charge is 0.125 e. The Balaban J connectivity index is 2.95. The third-order valence-corrected chi connectivity index (χ3v) is 2.34. The van der Waals surface area contributed by atoms with Crippen LogP contribution in [0, 0.1) is 0 Å². The van der Waals surface area contributed by atoms with Gasteiger partial charge in [-0.15, -0.1) is 0 Å². The summed E-state index contributed by atoms with van der Waals surface area (Å²) in [5, 5.41) is 10.2. The number of hydrogen-bond donors (Lipinski definition) is 1. The molecule has 0 aliphatic rings. The van der Waals surface area contributed by atoms with Crippen LogP contribution >= 0.6 is 15.9 Å². The highest BCUT2D eigenvalue weighted by atomic mass is 79.9. The molecule has 12 heavy (non-hydrogen) atoms. The van der Waals surface area contributed by atoms with Crippen molar-refractivity contribution in [1.29, 1.82) is 0 Å². The minimum absolute atomic E-state index is 0.265. The maximum atomic E-state index is 9.43. The first-order chi connectivity index (χ1) is 5.79. The molecule has 0 fully saturated rings. The van der Waals surface area contributed by atoms with Gasteiger partial charge in [-0.1, -0.05) is 0 Å². The van der Waals surface area contributed by atoms with Gasteiger partial charge < -0.3 is 5.11 Å². The number of phenolic OH excluding ortho intramolecular Hbond substituents is 1. The number of aromatic hydroxyl groups is 1. The van der Waals surface area contributed by atoms with Crippen molar-refractivity contribution in [2.75, 3.05) is 0 Å². The zero-order chi connectivity index (χ0) is 8.55. The predicted octanol–water partition coefficient (Wildman–Crippen LogP) is 2.70. The highest BCUT2D eigenvalue weighted by Gasteiger charge is 2.02. The van der Waals surface area contributed by atoms with Crippen molar-refractivity contribution >= 4 is 26.8 Å². The molecule has 0 radical (unpaired) electrons. The van der Waals surface area contributed by atoms with Gasteiger partial charge in [-0.25, -0.2) is 0 Å². The lowest BCUT2D eigenvalue weighted by Gasteiger charge is -2.00. The van der Waals surface area contributed by atoms with Crippen molar-refractivity contribution in [1.82, 2.24) is 4.98 Å². The molecule has 0 aliphatic carbocycles. The summed E-state index contributed by atoms with van der Waals surface area (Å²) in [5.74, 6) is 0.265. The van der Waals surface area contributed by atoms with Gasteiger partial charge in [-0.05, 0) is 40.2 Å². The van der Waals surface area contributed by atoms with E-state index in [1.54, 1.807) is 24.4 Å². The average Bonchev–Trinajstić information content (AvgIpc) is 2.12. The lowest BCUT2D eigenvalue weighted by atomic mass is 10.2. The molecule has 0 saturated carbocycles. The fourth-order valence-electron chi connectivity index (χ4n) is 1.12. The van der Waals surface area contributed by atoms with Gasteiger partial charge in [0.05, 0.1) is 5.52 Å². The van der Waals surface area contributed by atoms with Crippen molar-refractivity contribution < 1.29 is 5.11 Å². The van der Waals surface area contributed by atoms with E-state index in [4.69, 9.17) is 0 Å². The molecule has 1 heterocycles. The largest absolute Gasteiger partial charge is 0.507 e. The second-order valence-corrected chi connectivity index (χ2v) is 3.32. The summed E-state index contributed by atoms with van der Waals surface area (Å²) in [6.07, 6.45) is 1.70. The molecular formula is C9H6BrNO. The Kier molecular flexibility index (Phi) is 1.73. The van der Waals surface area contributed by atoms with E-state index in [0.29, 0.717) is 0 Å². The molecule has 0 aliphatic heterocycles. The van der Waals surface area contributed by atoms with Gasteiger partial charge in [0.1, 0.15) is 5.75 Å². The minimum Gasteiger partial charge on any atom is -0.507 e. The van der Waals surface area contributed by atoms with Crippen LogP contribution in [0.4, 0.5) is 0 Å². The van der Waals surface area contributed by atoms with Crippen molar-refractivity contribution in [3.8, 4) is 5.75 Å². The number of pyridine rings is 1. The van der Waals surface area contributed by atoms with E-state index >= 15 is 0 Å². The van der Waals surface area contributed by atoms with E-state index in [-0.39, 0.29) is 5.75 Å². The molecule has 2 nitrogen and oxygen atoms in total. The van der Waals surface area contributed by atoms with Crippen LogP contribution in [0.3, 0.4) is 0 Å². The second kappa shape index (κ2) is 2.75. The van der Waals surface area contributed by atoms with Crippen molar-refractivity contribution in [3.05, 3.63) is 34.9 Å². The van der Waals surface area contributed by atoms with Gasteiger partial charge in [-0.2, -0.15) is 0 Å². The Bertz CT molecular complexity index is 387. The first-order valence-corrected chi connectivity index (χ1v) is 4.30. The van der Waals surface area contributed by atoms with Crippen LogP contribution in [0.15, 0.2) is 34.9 Å². The number of nitrogens with zero attached hydrogens (tertiary/aromatic N) is 1. The number of aromatic nitrogens is 1. The summed E-state index contributed by atoms with van der Waals surface area (Å²) < 4.78 is 0.899. The molecule has 0 saturated heterocycles. The Labute approximate surface area is 78.0 Å². The molecule has 0 bridgehead atoms. The Morgan fingerprint density at radius 1 is 1.25 bits per heavy atom. The van der Waals surface area contributed by atoms with Gasteiger partial charge >= 0.3 is 0 Å². The summed E-state index contributed by atoms with van der Waals surface area (Å²) in [7, 11) is 0. The highest BCUT2D eigenvalue weighted by Crippen LogP contribution is 2.28. The molecule has 2 rings (SSSR count). The zero-order valence-corrected chi connectivity index (χ0v) is 7.75. The van der Waals surface area contributed by atoms with E-state index in [0.717, 1.165) is 15.4 Å². The summed E-state index contributed by atoms with van der Waals surface area (Å²) in [6, 6.07) is 7.07. The lowest BCUT2D eigenvalue weighted by Crippen LogP contribution is -1.79. The number of hydrogen-bond acceptors (Lipinski definition) is 2. The minimum atomic E-state index is 0.265. The Morgan fingerprint density at radius 2 is 2.08 bits per heavy atom. The molecule has 0 atom stereocenters. The molecule has 0 spiro atoms. The molecule has 1 aromatic carbocycles. The van der Waals surface area contributed by atoms with E-state index < -0.39 is 0 Å². The van der Waals surface area contributed by atoms with Crippen LogP contribution in [0.1, 0.15) is 0 Å². The van der Waals surface area contributed by atoms with Crippen LogP contribution in [0.5, 0.6) is 5.75 Å². The van der Waals surface area contributed by atoms with Gasteiger partial charge in [0.15, 0.2) is 0 Å². The quantitative estimate of drug-likeness (QED) is 0.746. The van der Waals surface area contributed by atoms with Gasteiger partial charge in [0.25, 0.3) is 0 Å². The molecule has 0 unspecified atom stereocenters. The topological polar surface area (TPSA) is 33.1 Å². The number of rotatable bonds is 0. The van der Waals surface area contributed by atoms with Crippen LogP contribution in [0.25, 0.3) is 10.9 Å². The predicted molar refractivity (Wildman–Crippen MR) is 51.1 cm³/mol. The number of fused-ring (bicyclic) bond motifs is 1. The third kappa shape index (κ3) is 1.06. The summed E-state index contributed by atoms with van der Waals surface area (Å²) in [5.41, 5.74) is 0.789. The molecule has 0 amide bonds. The van der Waals surface area contributed by atoms with Crippen molar-refractivity contribution in [3.63, 3.8) is 0 Å². The molecule has 3 heteroatoms. The molecule has 2 aromatic rings. The van der Waals surface area contributed by atoms with Crippen LogP contribution in [0.2, 0.25) is 0 Å². The third-order valence-electron chi connectivity index (χ3n) is 1.70. The van der Waals surface area contributed by atoms with Gasteiger partial charge in [-0.3, -0.25) is 4.98 Å². The molecule has 1 N–H and O–H groups in total. The average molecular weight is 224 g/mol. The van der Waals surface area contributed by atoms with E-state index in [9.17, 15) is 5.11 Å². The first kappa shape index (κ1) is 7.55. The fourth-order valence-corrected chi connectivity index (χ4v) is 1.57. The lowest BCUT2D eigenvalue weighted by molar-refractivity contribution is 0.481. The molecular weight excluding hydrogens is 218 g/mol. The maximum Gasteiger partial charge on any atom is 0.125 e. The SMILES string of the molecule is Oc1ccc(Br)c2ncccc12. The zero-order valence-electron chi connectivity index (χ0n) is 6.16. The number of halogens is 1. The maximum absolute atomic E-state index is 9.43. The van der Waals surface area contributed by atoms with Gasteiger partial charge in [0, 0.05) is 16.1 Å². The summed E-state index contributed by atoms with van der Waals surface area (Å²) in [6.45, 7) is 0. The van der Waals surface area contributed by atoms with Gasteiger partial charge in [0.2, 0.25) is 0 Å². The normalized spacial score (nSPS) is 10.4. The summed E-state index contributed by atoms with van der Waals surface area (Å²) in [4.78, 5) is 4.13. The van der Waals surface area contributed by atoms with Crippen LogP contribution < -0.4 is 0 Å². The van der Waals surface area contributed by atoms with E-state index in [1.165, 1.54) is 0 Å². The summed E-state index contributed by atoms with van der Waals surface area (Å²) >= 11 is 3.36. The van der Waals surface area contributed by atoms with Crippen LogP contribution in [-0.4, -0.2) is 10.1 Å². The Morgan fingerprint density at radius 3 is 2.83 bits per heavy atom. The van der Waals surface area contributed by atoms with E-state index in [2.05, 4.69) is 20.9 Å². The molecule has 1 aromatic heterocycles. The van der Waals surface area contributed by atoms with E-state index in [1.807, 2.05) is 6.07 Å². The Hall–Kier alpha value is -1.09. The first-order valence-electron chi connectivity index (χ1n) is 3.51. The second-order valence-electron chi connectivity index (χ2n) is 2.47. The number of benzene rings is 1. The number of phenols is 1. The fraction of sp³-hybridized carbons (Fsp3) is 0. The standard InChI is InChI=1S/C9H6BrNO/c10-7-3-4-8(12)6-2-1-5-11-9(6)7/h1-5,12H. The molecule has 60 valence electrons. The highest BCUT2D eigenvalue weighted by molar-refractivity contribution is 9.10. The van der Waals surface area contributed by atoms with Crippen molar-refractivity contribution in [2.24, 2.45) is 0 Å².